The number of hydrogen-bond donors (Lipinski definition) is 0. The number of alkyl halides is 3. The van der Waals surface area contributed by atoms with Gasteiger partial charge in [-0.25, -0.2) is 8.78 Å². The number of benzene rings is 2. The smallest absolute Gasteiger partial charge is 0.339 e. The second kappa shape index (κ2) is 7.51. The third-order valence-electron chi connectivity index (χ3n) is 4.75. The maximum absolute atomic E-state index is 13.4. The fraction of sp³-hybridized carbons (Fsp3) is 0.250. The molecule has 2 heterocycles. The first-order valence-corrected chi connectivity index (χ1v) is 8.93. The highest BCUT2D eigenvalue weighted by molar-refractivity contribution is 5.79. The van der Waals surface area contributed by atoms with Crippen molar-refractivity contribution in [1.29, 1.82) is 0 Å². The Bertz CT molecular complexity index is 1080. The van der Waals surface area contributed by atoms with Gasteiger partial charge in [0.1, 0.15) is 11.6 Å². The van der Waals surface area contributed by atoms with Gasteiger partial charge >= 0.3 is 6.18 Å². The van der Waals surface area contributed by atoms with Crippen molar-refractivity contribution in [2.24, 2.45) is 0 Å². The van der Waals surface area contributed by atoms with Crippen LogP contribution in [0.25, 0.3) is 11.4 Å². The molecule has 0 radical (unpaired) electrons. The van der Waals surface area contributed by atoms with Crippen molar-refractivity contribution in [2.75, 3.05) is 6.54 Å². The van der Waals surface area contributed by atoms with Crippen molar-refractivity contribution in [1.82, 2.24) is 15.0 Å². The van der Waals surface area contributed by atoms with E-state index in [4.69, 9.17) is 4.52 Å². The van der Waals surface area contributed by atoms with Gasteiger partial charge in [-0.1, -0.05) is 17.3 Å². The number of halogens is 5. The molecular weight excluding hydrogens is 409 g/mol. The van der Waals surface area contributed by atoms with Gasteiger partial charge in [-0.15, -0.1) is 0 Å². The molecule has 0 spiro atoms. The summed E-state index contributed by atoms with van der Waals surface area (Å²) in [4.78, 5) is 17.8. The predicted molar refractivity (Wildman–Crippen MR) is 93.9 cm³/mol. The molecule has 1 fully saturated rings. The van der Waals surface area contributed by atoms with Crippen LogP contribution in [0.4, 0.5) is 22.0 Å². The van der Waals surface area contributed by atoms with Gasteiger partial charge < -0.3 is 9.42 Å². The molecule has 2 aromatic carbocycles. The van der Waals surface area contributed by atoms with E-state index in [2.05, 4.69) is 10.1 Å². The van der Waals surface area contributed by atoms with Crippen LogP contribution in [0.15, 0.2) is 47.0 Å². The van der Waals surface area contributed by atoms with Gasteiger partial charge in [0.25, 0.3) is 0 Å². The Morgan fingerprint density at radius 1 is 1.10 bits per heavy atom. The number of carbonyl (C=O) groups excluding carboxylic acids is 1. The fourth-order valence-corrected chi connectivity index (χ4v) is 3.37. The summed E-state index contributed by atoms with van der Waals surface area (Å²) in [6, 6.07) is 7.55. The summed E-state index contributed by atoms with van der Waals surface area (Å²) in [6.07, 6.45) is -4.46. The van der Waals surface area contributed by atoms with Crippen molar-refractivity contribution in [3.63, 3.8) is 0 Å². The summed E-state index contributed by atoms with van der Waals surface area (Å²) in [5, 5.41) is 3.73. The largest absolute Gasteiger partial charge is 0.416 e. The molecule has 1 amide bonds. The van der Waals surface area contributed by atoms with E-state index in [0.29, 0.717) is 5.56 Å². The SMILES string of the molecule is O=C1CC(c2nc(-c3cccc(C(F)(F)F)c3)no2)CN1Cc1cc(F)cc(F)c1. The first-order valence-electron chi connectivity index (χ1n) is 8.93. The molecule has 10 heteroatoms. The third-order valence-corrected chi connectivity index (χ3v) is 4.75. The fourth-order valence-electron chi connectivity index (χ4n) is 3.37. The minimum Gasteiger partial charge on any atom is -0.339 e. The van der Waals surface area contributed by atoms with Crippen LogP contribution in [0.2, 0.25) is 0 Å². The van der Waals surface area contributed by atoms with E-state index >= 15 is 0 Å². The second-order valence-corrected chi connectivity index (χ2v) is 6.99. The third kappa shape index (κ3) is 4.17. The lowest BCUT2D eigenvalue weighted by molar-refractivity contribution is -0.137. The molecule has 1 saturated heterocycles. The van der Waals surface area contributed by atoms with Gasteiger partial charge in [-0.05, 0) is 29.8 Å². The predicted octanol–water partition coefficient (Wildman–Crippen LogP) is 4.55. The lowest BCUT2D eigenvalue weighted by Crippen LogP contribution is -2.24. The van der Waals surface area contributed by atoms with E-state index in [-0.39, 0.29) is 42.7 Å². The Morgan fingerprint density at radius 3 is 2.53 bits per heavy atom. The molecule has 5 nitrogen and oxygen atoms in total. The maximum Gasteiger partial charge on any atom is 0.416 e. The Labute approximate surface area is 167 Å². The average Bonchev–Trinajstić information content (AvgIpc) is 3.28. The van der Waals surface area contributed by atoms with Gasteiger partial charge in [-0.2, -0.15) is 18.2 Å². The summed E-state index contributed by atoms with van der Waals surface area (Å²) in [5.74, 6) is -2.11. The number of likely N-dealkylation sites (tertiary alicyclic amines) is 1. The van der Waals surface area contributed by atoms with Crippen LogP contribution in [0.5, 0.6) is 0 Å². The van der Waals surface area contributed by atoms with Crippen molar-refractivity contribution in [2.45, 2.75) is 25.1 Å². The van der Waals surface area contributed by atoms with Crippen LogP contribution >= 0.6 is 0 Å². The zero-order valence-electron chi connectivity index (χ0n) is 15.3. The molecule has 0 aliphatic carbocycles. The molecule has 156 valence electrons. The van der Waals surface area contributed by atoms with Crippen LogP contribution in [0.3, 0.4) is 0 Å². The molecule has 30 heavy (non-hydrogen) atoms. The van der Waals surface area contributed by atoms with Crippen LogP contribution in [-0.2, 0) is 17.5 Å². The highest BCUT2D eigenvalue weighted by atomic mass is 19.4. The Balaban J connectivity index is 1.50. The summed E-state index contributed by atoms with van der Waals surface area (Å²) in [6.45, 7) is 0.194. The normalized spacial score (nSPS) is 17.0. The molecule has 1 aliphatic heterocycles. The molecule has 4 rings (SSSR count). The topological polar surface area (TPSA) is 59.2 Å². The average molecular weight is 423 g/mol. The molecule has 1 atom stereocenters. The summed E-state index contributed by atoms with van der Waals surface area (Å²) >= 11 is 0. The number of rotatable bonds is 4. The zero-order chi connectivity index (χ0) is 21.5. The van der Waals surface area contributed by atoms with Crippen molar-refractivity contribution >= 4 is 5.91 Å². The minimum absolute atomic E-state index is 0.0125. The summed E-state index contributed by atoms with van der Waals surface area (Å²) in [7, 11) is 0. The molecule has 1 unspecified atom stereocenters. The van der Waals surface area contributed by atoms with E-state index in [1.54, 1.807) is 0 Å². The summed E-state index contributed by atoms with van der Waals surface area (Å²) < 4.78 is 70.6. The first-order chi connectivity index (χ1) is 14.2. The van der Waals surface area contributed by atoms with Crippen molar-refractivity contribution in [3.05, 3.63) is 71.1 Å². The molecule has 1 aromatic heterocycles. The van der Waals surface area contributed by atoms with E-state index in [1.807, 2.05) is 0 Å². The number of aromatic nitrogens is 2. The van der Waals surface area contributed by atoms with Gasteiger partial charge in [0.15, 0.2) is 0 Å². The Kier molecular flexibility index (Phi) is 5.00. The van der Waals surface area contributed by atoms with Crippen LogP contribution < -0.4 is 0 Å². The first kappa shape index (κ1) is 20.0. The molecule has 3 aromatic rings. The van der Waals surface area contributed by atoms with Crippen molar-refractivity contribution < 1.29 is 31.3 Å². The van der Waals surface area contributed by atoms with Crippen LogP contribution in [0.1, 0.15) is 29.4 Å². The monoisotopic (exact) mass is 423 g/mol. The van der Waals surface area contributed by atoms with E-state index in [9.17, 15) is 26.7 Å². The van der Waals surface area contributed by atoms with E-state index in [1.165, 1.54) is 17.0 Å². The summed E-state index contributed by atoms with van der Waals surface area (Å²) in [5.41, 5.74) is -0.399. The Morgan fingerprint density at radius 2 is 1.83 bits per heavy atom. The highest BCUT2D eigenvalue weighted by Crippen LogP contribution is 2.33. The molecule has 0 N–H and O–H groups in total. The zero-order valence-corrected chi connectivity index (χ0v) is 15.3. The van der Waals surface area contributed by atoms with Gasteiger partial charge in [0, 0.05) is 31.1 Å². The van der Waals surface area contributed by atoms with Gasteiger partial charge in [-0.3, -0.25) is 4.79 Å². The standard InChI is InChI=1S/C20H14F5N3O2/c21-15-4-11(5-16(22)8-15)9-28-10-13(7-17(28)29)19-26-18(27-30-19)12-2-1-3-14(6-12)20(23,24)25/h1-6,8,13H,7,9-10H2. The van der Waals surface area contributed by atoms with Crippen LogP contribution in [0, 0.1) is 11.6 Å². The number of amides is 1. The molecule has 1 aliphatic rings. The van der Waals surface area contributed by atoms with Crippen molar-refractivity contribution in [3.8, 4) is 11.4 Å². The maximum atomic E-state index is 13.4. The van der Waals surface area contributed by atoms with Crippen LogP contribution in [-0.4, -0.2) is 27.5 Å². The van der Waals surface area contributed by atoms with E-state index < -0.39 is 29.3 Å². The molecular formula is C20H14F5N3O2. The molecule has 0 saturated carbocycles. The number of carbonyl (C=O) groups is 1. The van der Waals surface area contributed by atoms with Gasteiger partial charge in [0.2, 0.25) is 17.6 Å². The molecule has 0 bridgehead atoms. The lowest BCUT2D eigenvalue weighted by Gasteiger charge is -2.16. The Hall–Kier alpha value is -3.30. The highest BCUT2D eigenvalue weighted by Gasteiger charge is 2.35. The number of nitrogens with zero attached hydrogens (tertiary/aromatic N) is 3. The quantitative estimate of drug-likeness (QED) is 0.578. The van der Waals surface area contributed by atoms with E-state index in [0.717, 1.165) is 30.3 Å². The second-order valence-electron chi connectivity index (χ2n) is 6.99. The minimum atomic E-state index is -4.50. The lowest BCUT2D eigenvalue weighted by atomic mass is 10.1. The number of hydrogen-bond acceptors (Lipinski definition) is 4. The van der Waals surface area contributed by atoms with Gasteiger partial charge in [0.05, 0.1) is 11.5 Å².